The van der Waals surface area contributed by atoms with Crippen molar-refractivity contribution in [2.45, 2.75) is 25.7 Å². The topological polar surface area (TPSA) is 72.2 Å². The van der Waals surface area contributed by atoms with Crippen LogP contribution in [0.1, 0.15) is 24.8 Å². The van der Waals surface area contributed by atoms with Crippen LogP contribution in [0, 0.1) is 16.0 Å². The van der Waals surface area contributed by atoms with Crippen LogP contribution in [0.4, 0.5) is 5.69 Å². The molecule has 1 aromatic carbocycles. The van der Waals surface area contributed by atoms with Crippen molar-refractivity contribution in [3.05, 3.63) is 38.9 Å². The van der Waals surface area contributed by atoms with E-state index in [1.54, 1.807) is 12.1 Å². The molecule has 1 amide bonds. The Morgan fingerprint density at radius 1 is 1.42 bits per heavy atom. The summed E-state index contributed by atoms with van der Waals surface area (Å²) in [6.07, 6.45) is 3.08. The van der Waals surface area contributed by atoms with Crippen molar-refractivity contribution in [3.8, 4) is 0 Å². The van der Waals surface area contributed by atoms with Gasteiger partial charge in [0, 0.05) is 29.1 Å². The number of hydrogen-bond acceptors (Lipinski definition) is 3. The van der Waals surface area contributed by atoms with Crippen molar-refractivity contribution in [2.75, 3.05) is 6.54 Å². The Bertz CT molecular complexity index is 505. The van der Waals surface area contributed by atoms with Crippen LogP contribution in [-0.4, -0.2) is 17.4 Å². The van der Waals surface area contributed by atoms with Crippen molar-refractivity contribution in [2.24, 2.45) is 5.92 Å². The van der Waals surface area contributed by atoms with E-state index in [1.807, 2.05) is 0 Å². The summed E-state index contributed by atoms with van der Waals surface area (Å²) in [5.41, 5.74) is 0.556. The quantitative estimate of drug-likeness (QED) is 0.684. The lowest BCUT2D eigenvalue weighted by Crippen LogP contribution is -2.30. The second-order valence-electron chi connectivity index (χ2n) is 4.72. The van der Waals surface area contributed by atoms with Crippen molar-refractivity contribution in [1.29, 1.82) is 0 Å². The molecule has 102 valence electrons. The number of nitrogens with one attached hydrogen (secondary N) is 1. The molecule has 0 aromatic heterocycles. The van der Waals surface area contributed by atoms with Crippen LogP contribution in [0.25, 0.3) is 0 Å². The van der Waals surface area contributed by atoms with Crippen molar-refractivity contribution in [1.82, 2.24) is 5.32 Å². The molecular formula is C13H15ClN2O3. The summed E-state index contributed by atoms with van der Waals surface area (Å²) < 4.78 is 0. The highest BCUT2D eigenvalue weighted by Crippen LogP contribution is 2.27. The van der Waals surface area contributed by atoms with E-state index < -0.39 is 4.92 Å². The molecule has 0 bridgehead atoms. The predicted molar refractivity (Wildman–Crippen MR) is 72.2 cm³/mol. The maximum absolute atomic E-state index is 11.9. The number of carbonyl (C=O) groups is 1. The Balaban J connectivity index is 2.22. The molecule has 1 unspecified atom stereocenters. The zero-order chi connectivity index (χ0) is 13.8. The fourth-order valence-corrected chi connectivity index (χ4v) is 2.51. The van der Waals surface area contributed by atoms with E-state index in [9.17, 15) is 14.9 Å². The fraction of sp³-hybridized carbons (Fsp3) is 0.462. The average Bonchev–Trinajstić information content (AvgIpc) is 2.57. The standard InChI is InChI=1S/C13H15ClN2O3/c14-11-5-4-9(12(8-11)16(18)19)7-10-3-1-2-6-15-13(10)17/h4-5,8,10H,1-3,6-7H2,(H,15,17). The van der Waals surface area contributed by atoms with Crippen LogP contribution >= 0.6 is 11.6 Å². The van der Waals surface area contributed by atoms with Gasteiger partial charge in [-0.25, -0.2) is 0 Å². The van der Waals surface area contributed by atoms with Gasteiger partial charge < -0.3 is 5.32 Å². The van der Waals surface area contributed by atoms with E-state index >= 15 is 0 Å². The minimum Gasteiger partial charge on any atom is -0.356 e. The lowest BCUT2D eigenvalue weighted by Gasteiger charge is -2.13. The SMILES string of the molecule is O=C1NCCCCC1Cc1ccc(Cl)cc1[N+](=O)[O-]. The van der Waals surface area contributed by atoms with Gasteiger partial charge in [0.25, 0.3) is 5.69 Å². The molecule has 5 nitrogen and oxygen atoms in total. The zero-order valence-corrected chi connectivity index (χ0v) is 11.2. The number of nitro benzene ring substituents is 1. The maximum atomic E-state index is 11.9. The van der Waals surface area contributed by atoms with Crippen molar-refractivity contribution >= 4 is 23.2 Å². The van der Waals surface area contributed by atoms with Gasteiger partial charge >= 0.3 is 0 Å². The highest BCUT2D eigenvalue weighted by atomic mass is 35.5. The number of amides is 1. The van der Waals surface area contributed by atoms with E-state index in [1.165, 1.54) is 6.07 Å². The summed E-state index contributed by atoms with van der Waals surface area (Å²) in [5.74, 6) is -0.205. The van der Waals surface area contributed by atoms with Crippen LogP contribution in [0.2, 0.25) is 5.02 Å². The number of rotatable bonds is 3. The molecule has 0 radical (unpaired) electrons. The van der Waals surface area contributed by atoms with E-state index in [4.69, 9.17) is 11.6 Å². The molecule has 1 saturated heterocycles. The molecule has 2 rings (SSSR count). The largest absolute Gasteiger partial charge is 0.356 e. The van der Waals surface area contributed by atoms with Crippen LogP contribution < -0.4 is 5.32 Å². The molecular weight excluding hydrogens is 268 g/mol. The molecule has 1 fully saturated rings. The molecule has 19 heavy (non-hydrogen) atoms. The lowest BCUT2D eigenvalue weighted by molar-refractivity contribution is -0.385. The van der Waals surface area contributed by atoms with Gasteiger partial charge in [0.1, 0.15) is 0 Å². The summed E-state index contributed by atoms with van der Waals surface area (Å²) in [6, 6.07) is 4.60. The van der Waals surface area contributed by atoms with E-state index in [-0.39, 0.29) is 17.5 Å². The van der Waals surface area contributed by atoms with Gasteiger partial charge in [-0.1, -0.05) is 24.1 Å². The molecule has 1 aliphatic rings. The number of hydrogen-bond donors (Lipinski definition) is 1. The first-order chi connectivity index (χ1) is 9.08. The predicted octanol–water partition coefficient (Wildman–Crippen LogP) is 2.71. The first-order valence-electron chi connectivity index (χ1n) is 6.28. The Morgan fingerprint density at radius 3 is 2.95 bits per heavy atom. The molecule has 1 heterocycles. The number of nitrogens with zero attached hydrogens (tertiary/aromatic N) is 1. The van der Waals surface area contributed by atoms with E-state index in [0.717, 1.165) is 19.3 Å². The molecule has 1 N–H and O–H groups in total. The van der Waals surface area contributed by atoms with Crippen LogP contribution in [-0.2, 0) is 11.2 Å². The Kier molecular flexibility index (Phi) is 4.37. The first-order valence-corrected chi connectivity index (χ1v) is 6.66. The summed E-state index contributed by atoms with van der Waals surface area (Å²) >= 11 is 5.77. The Morgan fingerprint density at radius 2 is 2.21 bits per heavy atom. The summed E-state index contributed by atoms with van der Waals surface area (Å²) in [7, 11) is 0. The van der Waals surface area contributed by atoms with Gasteiger partial charge in [0.15, 0.2) is 0 Å². The smallest absolute Gasteiger partial charge is 0.274 e. The van der Waals surface area contributed by atoms with E-state index in [0.29, 0.717) is 23.6 Å². The maximum Gasteiger partial charge on any atom is 0.274 e. The third-order valence-corrected chi connectivity index (χ3v) is 3.59. The van der Waals surface area contributed by atoms with Crippen LogP contribution in [0.5, 0.6) is 0 Å². The Labute approximate surface area is 116 Å². The van der Waals surface area contributed by atoms with Crippen LogP contribution in [0.15, 0.2) is 18.2 Å². The van der Waals surface area contributed by atoms with Gasteiger partial charge in [-0.15, -0.1) is 0 Å². The van der Waals surface area contributed by atoms with Crippen molar-refractivity contribution in [3.63, 3.8) is 0 Å². The summed E-state index contributed by atoms with van der Waals surface area (Å²) in [4.78, 5) is 22.4. The second kappa shape index (κ2) is 6.02. The molecule has 0 aliphatic carbocycles. The monoisotopic (exact) mass is 282 g/mol. The van der Waals surface area contributed by atoms with Gasteiger partial charge in [-0.05, 0) is 25.3 Å². The molecule has 0 spiro atoms. The van der Waals surface area contributed by atoms with Gasteiger partial charge in [-0.3, -0.25) is 14.9 Å². The van der Waals surface area contributed by atoms with Gasteiger partial charge in [0.05, 0.1) is 4.92 Å². The second-order valence-corrected chi connectivity index (χ2v) is 5.15. The Hall–Kier alpha value is -1.62. The van der Waals surface area contributed by atoms with Gasteiger partial charge in [-0.2, -0.15) is 0 Å². The number of halogens is 1. The highest BCUT2D eigenvalue weighted by molar-refractivity contribution is 6.30. The molecule has 6 heteroatoms. The summed E-state index contributed by atoms with van der Waals surface area (Å²) in [5, 5.41) is 14.2. The van der Waals surface area contributed by atoms with Crippen molar-refractivity contribution < 1.29 is 9.72 Å². The molecule has 1 aliphatic heterocycles. The minimum absolute atomic E-state index is 0.00968. The zero-order valence-electron chi connectivity index (χ0n) is 10.4. The molecule has 1 aromatic rings. The fourth-order valence-electron chi connectivity index (χ4n) is 2.34. The normalized spacial score (nSPS) is 19.6. The van der Waals surface area contributed by atoms with E-state index in [2.05, 4.69) is 5.32 Å². The highest BCUT2D eigenvalue weighted by Gasteiger charge is 2.24. The average molecular weight is 283 g/mol. The molecule has 0 saturated carbocycles. The third kappa shape index (κ3) is 3.44. The number of nitro groups is 1. The van der Waals surface area contributed by atoms with Crippen LogP contribution in [0.3, 0.4) is 0 Å². The molecule has 1 atom stereocenters. The third-order valence-electron chi connectivity index (χ3n) is 3.36. The number of benzene rings is 1. The minimum atomic E-state index is -0.449. The summed E-state index contributed by atoms with van der Waals surface area (Å²) in [6.45, 7) is 0.693. The number of carbonyl (C=O) groups excluding carboxylic acids is 1. The lowest BCUT2D eigenvalue weighted by atomic mass is 9.93. The first kappa shape index (κ1) is 13.8. The van der Waals surface area contributed by atoms with Gasteiger partial charge in [0.2, 0.25) is 5.91 Å².